The molecule has 216 valence electrons. The predicted octanol–water partition coefficient (Wildman–Crippen LogP) is 0.838. The Kier molecular flexibility index (Phi) is 7.32. The van der Waals surface area contributed by atoms with Crippen LogP contribution in [0.2, 0.25) is 0 Å². The molecule has 2 saturated carbocycles. The van der Waals surface area contributed by atoms with Crippen molar-refractivity contribution in [3.05, 3.63) is 16.9 Å². The third-order valence-corrected chi connectivity index (χ3v) is 11.5. The highest BCUT2D eigenvalue weighted by molar-refractivity contribution is 8.03. The normalized spacial score (nSPS) is 37.4. The van der Waals surface area contributed by atoms with Crippen molar-refractivity contribution in [2.75, 3.05) is 6.54 Å². The van der Waals surface area contributed by atoms with Crippen LogP contribution in [0.25, 0.3) is 0 Å². The Morgan fingerprint density at radius 1 is 1.23 bits per heavy atom. The minimum Gasteiger partial charge on any atom is -0.477 e. The minimum absolute atomic E-state index is 0.0332. The second-order valence-electron chi connectivity index (χ2n) is 12.4. The molecule has 4 N–H and O–H groups in total. The van der Waals surface area contributed by atoms with Crippen molar-refractivity contribution in [1.29, 1.82) is 0 Å². The molecular weight excluding hydrogens is 534 g/mol. The Balaban J connectivity index is 1.09. The maximum atomic E-state index is 13.4. The van der Waals surface area contributed by atoms with Gasteiger partial charge < -0.3 is 21.1 Å². The van der Waals surface area contributed by atoms with Crippen LogP contribution in [-0.2, 0) is 25.7 Å². The maximum absolute atomic E-state index is 13.4. The van der Waals surface area contributed by atoms with Gasteiger partial charge in [-0.25, -0.2) is 9.48 Å². The first-order chi connectivity index (χ1) is 19.1. The molecule has 1 amide bonds. The average molecular weight is 572 g/mol. The number of carbonyl (C=O) groups excluding carboxylic acids is 3. The van der Waals surface area contributed by atoms with Gasteiger partial charge in [-0.1, -0.05) is 13.8 Å². The summed E-state index contributed by atoms with van der Waals surface area (Å²) in [6.45, 7) is 4.49. The van der Waals surface area contributed by atoms with Gasteiger partial charge in [-0.05, 0) is 60.3 Å². The highest BCUT2D eigenvalue weighted by Crippen LogP contribution is 2.53. The molecule has 2 bridgehead atoms. The van der Waals surface area contributed by atoms with E-state index in [1.165, 1.54) is 27.7 Å². The first-order valence-electron chi connectivity index (χ1n) is 14.4. The number of nitrogens with zero attached hydrogens (tertiary/aromatic N) is 5. The zero-order chi connectivity index (χ0) is 28.3. The SMILES string of the molecule is C[C@@H](CC(=O)Cn1cnnn1)[C@H]1C(=O)N2C(C(=O)O)=C(S[C@@H]3CN[C@H](C(=O)C4C[C@H]5CC[C@@H](C4)C5N)C3)[C@H](C)[C@H]12. The number of hydrogen-bond donors (Lipinski definition) is 3. The van der Waals surface area contributed by atoms with E-state index in [0.717, 1.165) is 25.7 Å². The summed E-state index contributed by atoms with van der Waals surface area (Å²) in [6.07, 6.45) is 6.22. The standard InChI is InChI=1S/C27H37N7O5S/c1-12(5-17(35)10-33-11-30-31-32-33)20-22-13(2)25(23(27(38)39)34(22)26(20)37)40-18-8-19(29-9-18)24(36)16-6-14-3-4-15(7-16)21(14)28/h11-16,18-22,29H,3-10,28H2,1-2H3,(H,38,39)/t12-,13+,14-,15+,16?,18-,19-,20+,21?,22+/m0/s1. The first-order valence-corrected chi connectivity index (χ1v) is 15.2. The summed E-state index contributed by atoms with van der Waals surface area (Å²) in [7, 11) is 0. The summed E-state index contributed by atoms with van der Waals surface area (Å²) in [6, 6.07) is -0.275. The van der Waals surface area contributed by atoms with Crippen molar-refractivity contribution in [3.8, 4) is 0 Å². The van der Waals surface area contributed by atoms with Crippen LogP contribution >= 0.6 is 11.8 Å². The Morgan fingerprint density at radius 2 is 1.95 bits per heavy atom. The first kappa shape index (κ1) is 27.5. The van der Waals surface area contributed by atoms with Crippen molar-refractivity contribution in [2.24, 2.45) is 41.2 Å². The van der Waals surface area contributed by atoms with Crippen LogP contribution in [0, 0.1) is 35.5 Å². The van der Waals surface area contributed by atoms with Crippen LogP contribution in [0.5, 0.6) is 0 Å². The molecular formula is C27H37N7O5S. The topological polar surface area (TPSA) is 173 Å². The summed E-state index contributed by atoms with van der Waals surface area (Å²) < 4.78 is 1.35. The van der Waals surface area contributed by atoms with E-state index in [0.29, 0.717) is 29.7 Å². The smallest absolute Gasteiger partial charge is 0.353 e. The molecule has 3 aliphatic heterocycles. The molecule has 6 rings (SSSR count). The predicted molar refractivity (Wildman–Crippen MR) is 144 cm³/mol. The number of aliphatic carboxylic acids is 1. The molecule has 10 atom stereocenters. The molecule has 0 radical (unpaired) electrons. The lowest BCUT2D eigenvalue weighted by molar-refractivity contribution is -0.160. The van der Waals surface area contributed by atoms with Gasteiger partial charge in [-0.3, -0.25) is 14.4 Å². The van der Waals surface area contributed by atoms with E-state index in [9.17, 15) is 24.3 Å². The van der Waals surface area contributed by atoms with E-state index in [-0.39, 0.29) is 77.3 Å². The second-order valence-corrected chi connectivity index (χ2v) is 13.8. The molecule has 2 saturated heterocycles. The maximum Gasteiger partial charge on any atom is 0.353 e. The molecule has 5 aliphatic rings. The van der Waals surface area contributed by atoms with Crippen molar-refractivity contribution in [2.45, 2.75) is 82.3 Å². The summed E-state index contributed by atoms with van der Waals surface area (Å²) in [4.78, 5) is 53.7. The van der Waals surface area contributed by atoms with Gasteiger partial charge in [0.15, 0.2) is 11.6 Å². The third-order valence-electron chi connectivity index (χ3n) is 9.99. The minimum atomic E-state index is -1.11. The molecule has 0 aromatic carbocycles. The Labute approximate surface area is 236 Å². The van der Waals surface area contributed by atoms with E-state index in [4.69, 9.17) is 5.73 Å². The van der Waals surface area contributed by atoms with Crippen molar-refractivity contribution in [3.63, 3.8) is 0 Å². The number of aromatic nitrogens is 4. The largest absolute Gasteiger partial charge is 0.477 e. The molecule has 1 aromatic rings. The van der Waals surface area contributed by atoms with Crippen molar-refractivity contribution >= 4 is 35.2 Å². The summed E-state index contributed by atoms with van der Waals surface area (Å²) in [5, 5.41) is 24.3. The number of tetrazole rings is 1. The third kappa shape index (κ3) is 4.69. The number of β-lactam (4-membered cyclic amide) rings is 1. The van der Waals surface area contributed by atoms with Crippen LogP contribution in [-0.4, -0.2) is 83.6 Å². The molecule has 1 aromatic heterocycles. The molecule has 40 heavy (non-hydrogen) atoms. The average Bonchev–Trinajstić information content (AvgIpc) is 3.66. The molecule has 0 spiro atoms. The molecule has 4 heterocycles. The number of hydrogen-bond acceptors (Lipinski definition) is 10. The van der Waals surface area contributed by atoms with E-state index in [1.54, 1.807) is 0 Å². The summed E-state index contributed by atoms with van der Waals surface area (Å²) in [5.74, 6) is -1.03. The zero-order valence-corrected chi connectivity index (χ0v) is 23.6. The number of thioether (sulfide) groups is 1. The fourth-order valence-electron chi connectivity index (χ4n) is 8.03. The Hall–Kier alpha value is -2.64. The van der Waals surface area contributed by atoms with Crippen LogP contribution in [0.15, 0.2) is 16.9 Å². The lowest BCUT2D eigenvalue weighted by Crippen LogP contribution is -2.62. The summed E-state index contributed by atoms with van der Waals surface area (Å²) in [5.41, 5.74) is 6.40. The number of carbonyl (C=O) groups is 4. The van der Waals surface area contributed by atoms with Gasteiger partial charge in [0.2, 0.25) is 5.91 Å². The molecule has 2 aliphatic carbocycles. The van der Waals surface area contributed by atoms with E-state index >= 15 is 0 Å². The van der Waals surface area contributed by atoms with Crippen LogP contribution in [0.4, 0.5) is 0 Å². The number of Topliss-reactive ketones (excluding diaryl/α,β-unsaturated/α-hetero) is 2. The van der Waals surface area contributed by atoms with Gasteiger partial charge >= 0.3 is 5.97 Å². The molecule has 4 fully saturated rings. The fourth-order valence-corrected chi connectivity index (χ4v) is 9.51. The fraction of sp³-hybridized carbons (Fsp3) is 0.741. The quantitative estimate of drug-likeness (QED) is 0.340. The monoisotopic (exact) mass is 571 g/mol. The van der Waals surface area contributed by atoms with Crippen molar-refractivity contribution in [1.82, 2.24) is 30.4 Å². The zero-order valence-electron chi connectivity index (χ0n) is 22.8. The summed E-state index contributed by atoms with van der Waals surface area (Å²) >= 11 is 1.50. The van der Waals surface area contributed by atoms with Gasteiger partial charge in [-0.15, -0.1) is 16.9 Å². The van der Waals surface area contributed by atoms with Gasteiger partial charge in [-0.2, -0.15) is 0 Å². The number of rotatable bonds is 10. The van der Waals surface area contributed by atoms with E-state index in [2.05, 4.69) is 20.8 Å². The lowest BCUT2D eigenvalue weighted by Gasteiger charge is -2.47. The van der Waals surface area contributed by atoms with Gasteiger partial charge in [0.05, 0.1) is 18.0 Å². The van der Waals surface area contributed by atoms with Crippen LogP contribution in [0.3, 0.4) is 0 Å². The number of fused-ring (bicyclic) bond motifs is 3. The number of nitrogens with one attached hydrogen (secondary N) is 1. The van der Waals surface area contributed by atoms with E-state index < -0.39 is 11.9 Å². The number of amides is 1. The van der Waals surface area contributed by atoms with Gasteiger partial charge in [0.1, 0.15) is 18.6 Å². The molecule has 2 unspecified atom stereocenters. The number of carboxylic acids is 1. The van der Waals surface area contributed by atoms with Gasteiger partial charge in [0.25, 0.3) is 0 Å². The number of ketones is 2. The Bertz CT molecular complexity index is 1220. The Morgan fingerprint density at radius 3 is 2.60 bits per heavy atom. The van der Waals surface area contributed by atoms with Gasteiger partial charge in [0, 0.05) is 41.0 Å². The number of nitrogens with two attached hydrogens (primary N) is 1. The molecule has 13 heteroatoms. The second kappa shape index (κ2) is 10.6. The van der Waals surface area contributed by atoms with Crippen molar-refractivity contribution < 1.29 is 24.3 Å². The van der Waals surface area contributed by atoms with Crippen LogP contribution in [0.1, 0.15) is 52.4 Å². The molecule has 12 nitrogen and oxygen atoms in total. The highest BCUT2D eigenvalue weighted by atomic mass is 32.2. The lowest BCUT2D eigenvalue weighted by atomic mass is 9.73. The number of carboxylic acid groups (broad SMARTS) is 1. The highest BCUT2D eigenvalue weighted by Gasteiger charge is 2.60. The van der Waals surface area contributed by atoms with Crippen LogP contribution < -0.4 is 11.1 Å². The van der Waals surface area contributed by atoms with E-state index in [1.807, 2.05) is 13.8 Å².